The Bertz CT molecular complexity index is 821. The number of carbonyl (C=O) groups is 1. The number of amides is 1. The largest absolute Gasteiger partial charge is 0.421 e. The van der Waals surface area contributed by atoms with Gasteiger partial charge in [0.15, 0.2) is 0 Å². The third kappa shape index (κ3) is 3.64. The van der Waals surface area contributed by atoms with Crippen molar-refractivity contribution in [3.63, 3.8) is 0 Å². The fourth-order valence-electron chi connectivity index (χ4n) is 3.18. The van der Waals surface area contributed by atoms with E-state index in [1.807, 2.05) is 52.7 Å². The van der Waals surface area contributed by atoms with Crippen molar-refractivity contribution in [3.05, 3.63) is 58.6 Å². The van der Waals surface area contributed by atoms with Gasteiger partial charge < -0.3 is 9.32 Å². The SMILES string of the molecule is O=C(c1cccs1)N1CCC(Cc2nnc(-c3ccccc3)o2)CC1. The Labute approximate surface area is 150 Å². The van der Waals surface area contributed by atoms with Crippen LogP contribution in [0.15, 0.2) is 52.3 Å². The van der Waals surface area contributed by atoms with E-state index >= 15 is 0 Å². The lowest BCUT2D eigenvalue weighted by molar-refractivity contribution is 0.0693. The van der Waals surface area contributed by atoms with Gasteiger partial charge in [-0.25, -0.2) is 0 Å². The fraction of sp³-hybridized carbons (Fsp3) is 0.316. The number of rotatable bonds is 4. The predicted octanol–water partition coefficient (Wildman–Crippen LogP) is 3.89. The minimum atomic E-state index is 0.151. The minimum absolute atomic E-state index is 0.151. The molecule has 1 aromatic carbocycles. The highest BCUT2D eigenvalue weighted by Crippen LogP contribution is 2.25. The van der Waals surface area contributed by atoms with Crippen LogP contribution in [-0.2, 0) is 6.42 Å². The predicted molar refractivity (Wildman–Crippen MR) is 96.4 cm³/mol. The van der Waals surface area contributed by atoms with Gasteiger partial charge in [0.1, 0.15) is 0 Å². The van der Waals surface area contributed by atoms with Crippen LogP contribution in [0.3, 0.4) is 0 Å². The molecule has 1 aliphatic rings. The van der Waals surface area contributed by atoms with E-state index in [9.17, 15) is 4.79 Å². The maximum atomic E-state index is 12.4. The molecule has 0 atom stereocenters. The summed E-state index contributed by atoms with van der Waals surface area (Å²) in [5.74, 6) is 1.89. The molecule has 1 aliphatic heterocycles. The van der Waals surface area contributed by atoms with Gasteiger partial charge in [0, 0.05) is 25.1 Å². The minimum Gasteiger partial charge on any atom is -0.421 e. The lowest BCUT2D eigenvalue weighted by Gasteiger charge is -2.31. The standard InChI is InChI=1S/C19H19N3O2S/c23-19(16-7-4-12-25-16)22-10-8-14(9-11-22)13-17-20-21-18(24-17)15-5-2-1-3-6-15/h1-7,12,14H,8-11,13H2. The Hall–Kier alpha value is -2.47. The van der Waals surface area contributed by atoms with Crippen LogP contribution in [0.4, 0.5) is 0 Å². The molecule has 5 nitrogen and oxygen atoms in total. The van der Waals surface area contributed by atoms with Gasteiger partial charge in [-0.15, -0.1) is 21.5 Å². The van der Waals surface area contributed by atoms with Crippen LogP contribution in [0, 0.1) is 5.92 Å². The Morgan fingerprint density at radius 2 is 1.92 bits per heavy atom. The number of hydrogen-bond acceptors (Lipinski definition) is 5. The van der Waals surface area contributed by atoms with E-state index in [-0.39, 0.29) is 5.91 Å². The summed E-state index contributed by atoms with van der Waals surface area (Å²) in [6.45, 7) is 1.59. The first-order valence-corrected chi connectivity index (χ1v) is 9.38. The molecule has 4 rings (SSSR count). The van der Waals surface area contributed by atoms with Crippen molar-refractivity contribution in [1.29, 1.82) is 0 Å². The Kier molecular flexibility index (Phi) is 4.61. The van der Waals surface area contributed by atoms with E-state index in [0.29, 0.717) is 17.7 Å². The summed E-state index contributed by atoms with van der Waals surface area (Å²) in [6.07, 6.45) is 2.72. The molecule has 25 heavy (non-hydrogen) atoms. The summed E-state index contributed by atoms with van der Waals surface area (Å²) in [5.41, 5.74) is 0.942. The molecule has 0 saturated carbocycles. The zero-order valence-corrected chi connectivity index (χ0v) is 14.6. The first-order valence-electron chi connectivity index (χ1n) is 8.50. The smallest absolute Gasteiger partial charge is 0.263 e. The van der Waals surface area contributed by atoms with E-state index in [1.165, 1.54) is 11.3 Å². The van der Waals surface area contributed by atoms with E-state index in [2.05, 4.69) is 10.2 Å². The average Bonchev–Trinajstić information content (AvgIpc) is 3.35. The molecule has 1 saturated heterocycles. The summed E-state index contributed by atoms with van der Waals surface area (Å²) in [6, 6.07) is 13.6. The van der Waals surface area contributed by atoms with Crippen LogP contribution in [0.2, 0.25) is 0 Å². The summed E-state index contributed by atoms with van der Waals surface area (Å²) < 4.78 is 5.80. The van der Waals surface area contributed by atoms with Gasteiger partial charge in [-0.1, -0.05) is 24.3 Å². The van der Waals surface area contributed by atoms with Gasteiger partial charge in [-0.2, -0.15) is 0 Å². The average molecular weight is 353 g/mol. The van der Waals surface area contributed by atoms with Crippen molar-refractivity contribution in [2.24, 2.45) is 5.92 Å². The molecule has 0 aliphatic carbocycles. The molecule has 2 aromatic heterocycles. The second-order valence-corrected chi connectivity index (χ2v) is 7.23. The maximum Gasteiger partial charge on any atom is 0.263 e. The van der Waals surface area contributed by atoms with Crippen LogP contribution >= 0.6 is 11.3 Å². The topological polar surface area (TPSA) is 59.2 Å². The van der Waals surface area contributed by atoms with Gasteiger partial charge in [0.25, 0.3) is 5.91 Å². The van der Waals surface area contributed by atoms with Crippen LogP contribution < -0.4 is 0 Å². The molecular weight excluding hydrogens is 334 g/mol. The number of nitrogens with zero attached hydrogens (tertiary/aromatic N) is 3. The summed E-state index contributed by atoms with van der Waals surface area (Å²) in [5, 5.41) is 10.3. The van der Waals surface area contributed by atoms with E-state index in [0.717, 1.165) is 42.8 Å². The number of hydrogen-bond donors (Lipinski definition) is 0. The fourth-order valence-corrected chi connectivity index (χ4v) is 3.87. The van der Waals surface area contributed by atoms with Gasteiger partial charge >= 0.3 is 0 Å². The molecule has 1 amide bonds. The van der Waals surface area contributed by atoms with Crippen molar-refractivity contribution < 1.29 is 9.21 Å². The number of piperidine rings is 1. The Balaban J connectivity index is 1.33. The first-order chi connectivity index (χ1) is 12.3. The van der Waals surface area contributed by atoms with Crippen molar-refractivity contribution in [2.45, 2.75) is 19.3 Å². The molecule has 3 heterocycles. The zero-order valence-electron chi connectivity index (χ0n) is 13.8. The van der Waals surface area contributed by atoms with Crippen molar-refractivity contribution in [3.8, 4) is 11.5 Å². The second-order valence-electron chi connectivity index (χ2n) is 6.28. The quantitative estimate of drug-likeness (QED) is 0.714. The number of likely N-dealkylation sites (tertiary alicyclic amines) is 1. The van der Waals surface area contributed by atoms with Gasteiger partial charge in [-0.3, -0.25) is 4.79 Å². The molecule has 3 aromatic rings. The van der Waals surface area contributed by atoms with E-state index in [1.54, 1.807) is 0 Å². The highest BCUT2D eigenvalue weighted by molar-refractivity contribution is 7.12. The number of aromatic nitrogens is 2. The summed E-state index contributed by atoms with van der Waals surface area (Å²) in [7, 11) is 0. The molecule has 0 N–H and O–H groups in total. The molecule has 0 unspecified atom stereocenters. The van der Waals surface area contributed by atoms with E-state index in [4.69, 9.17) is 4.42 Å². The molecular formula is C19H19N3O2S. The van der Waals surface area contributed by atoms with E-state index < -0.39 is 0 Å². The van der Waals surface area contributed by atoms with Gasteiger partial charge in [0.05, 0.1) is 4.88 Å². The van der Waals surface area contributed by atoms with Crippen LogP contribution in [0.5, 0.6) is 0 Å². The third-order valence-electron chi connectivity index (χ3n) is 4.58. The molecule has 6 heteroatoms. The lowest BCUT2D eigenvalue weighted by Crippen LogP contribution is -2.38. The van der Waals surface area contributed by atoms with Gasteiger partial charge in [-0.05, 0) is 42.3 Å². The molecule has 1 fully saturated rings. The second kappa shape index (κ2) is 7.19. The highest BCUT2D eigenvalue weighted by atomic mass is 32.1. The number of thiophene rings is 1. The Morgan fingerprint density at radius 3 is 2.64 bits per heavy atom. The van der Waals surface area contributed by atoms with Crippen molar-refractivity contribution in [1.82, 2.24) is 15.1 Å². The molecule has 0 bridgehead atoms. The third-order valence-corrected chi connectivity index (χ3v) is 5.44. The van der Waals surface area contributed by atoms with Crippen molar-refractivity contribution in [2.75, 3.05) is 13.1 Å². The highest BCUT2D eigenvalue weighted by Gasteiger charge is 2.25. The van der Waals surface area contributed by atoms with Crippen LogP contribution in [-0.4, -0.2) is 34.1 Å². The Morgan fingerprint density at radius 1 is 1.12 bits per heavy atom. The monoisotopic (exact) mass is 353 g/mol. The summed E-state index contributed by atoms with van der Waals surface area (Å²) >= 11 is 1.50. The summed E-state index contributed by atoms with van der Waals surface area (Å²) in [4.78, 5) is 15.2. The van der Waals surface area contributed by atoms with Crippen LogP contribution in [0.25, 0.3) is 11.5 Å². The number of benzene rings is 1. The van der Waals surface area contributed by atoms with Crippen LogP contribution in [0.1, 0.15) is 28.4 Å². The number of carbonyl (C=O) groups excluding carboxylic acids is 1. The molecule has 0 radical (unpaired) electrons. The molecule has 0 spiro atoms. The zero-order chi connectivity index (χ0) is 17.1. The molecule has 128 valence electrons. The first kappa shape index (κ1) is 16.0. The van der Waals surface area contributed by atoms with Gasteiger partial charge in [0.2, 0.25) is 11.8 Å². The van der Waals surface area contributed by atoms with Crippen molar-refractivity contribution >= 4 is 17.2 Å². The maximum absolute atomic E-state index is 12.4. The lowest BCUT2D eigenvalue weighted by atomic mass is 9.93. The normalized spacial score (nSPS) is 15.4.